The fraction of sp³-hybridized carbons (Fsp3) is 0.259. The summed E-state index contributed by atoms with van der Waals surface area (Å²) in [5.41, 5.74) is 9.57. The van der Waals surface area contributed by atoms with E-state index in [2.05, 4.69) is 33.4 Å². The van der Waals surface area contributed by atoms with E-state index in [0.717, 1.165) is 34.0 Å². The van der Waals surface area contributed by atoms with E-state index in [4.69, 9.17) is 10.5 Å². The minimum Gasteiger partial charge on any atom is -0.459 e. The Balaban J connectivity index is 1.71. The third kappa shape index (κ3) is 5.89. The lowest BCUT2D eigenvalue weighted by Gasteiger charge is -2.24. The number of ether oxygens (including phenoxy) is 1. The first-order valence-corrected chi connectivity index (χ1v) is 11.8. The van der Waals surface area contributed by atoms with Crippen molar-refractivity contribution in [3.05, 3.63) is 105 Å². The van der Waals surface area contributed by atoms with E-state index in [0.29, 0.717) is 17.5 Å². The minimum absolute atomic E-state index is 0.0352. The summed E-state index contributed by atoms with van der Waals surface area (Å²) >= 11 is 3.47. The molecule has 0 spiro atoms. The molecule has 3 aromatic rings. The molecular formula is C27H27BrN2O3. The van der Waals surface area contributed by atoms with E-state index in [9.17, 15) is 9.59 Å². The molecule has 4 bridgehead atoms. The number of cyclic esters (lactones) is 1. The van der Waals surface area contributed by atoms with Crippen LogP contribution in [-0.2, 0) is 29.0 Å². The number of fused-ring (bicyclic) bond motifs is 4. The van der Waals surface area contributed by atoms with Gasteiger partial charge in [0.05, 0.1) is 6.04 Å². The Bertz CT molecular complexity index is 1160. The summed E-state index contributed by atoms with van der Waals surface area (Å²) in [5, 5.41) is 3.19. The molecular weight excluding hydrogens is 480 g/mol. The molecule has 0 fully saturated rings. The molecule has 0 radical (unpaired) electrons. The average molecular weight is 507 g/mol. The predicted octanol–water partition coefficient (Wildman–Crippen LogP) is 4.87. The van der Waals surface area contributed by atoms with Crippen LogP contribution < -0.4 is 11.1 Å². The van der Waals surface area contributed by atoms with Gasteiger partial charge in [-0.3, -0.25) is 9.59 Å². The van der Waals surface area contributed by atoms with Gasteiger partial charge >= 0.3 is 5.97 Å². The number of halogens is 1. The first-order chi connectivity index (χ1) is 15.8. The van der Waals surface area contributed by atoms with Gasteiger partial charge in [0.2, 0.25) is 0 Å². The molecule has 1 amide bonds. The zero-order valence-corrected chi connectivity index (χ0v) is 20.1. The number of hydrogen-bond acceptors (Lipinski definition) is 4. The highest BCUT2D eigenvalue weighted by Gasteiger charge is 2.31. The molecule has 0 saturated heterocycles. The van der Waals surface area contributed by atoms with E-state index in [1.54, 1.807) is 19.1 Å². The summed E-state index contributed by atoms with van der Waals surface area (Å²) in [7, 11) is 0. The van der Waals surface area contributed by atoms with Gasteiger partial charge < -0.3 is 15.8 Å². The van der Waals surface area contributed by atoms with Crippen molar-refractivity contribution in [3.63, 3.8) is 0 Å². The lowest BCUT2D eigenvalue weighted by atomic mass is 9.91. The molecule has 0 aliphatic carbocycles. The number of esters is 1. The van der Waals surface area contributed by atoms with E-state index >= 15 is 0 Å². The van der Waals surface area contributed by atoms with Gasteiger partial charge in [-0.05, 0) is 60.2 Å². The van der Waals surface area contributed by atoms with Crippen molar-refractivity contribution in [2.24, 2.45) is 5.73 Å². The van der Waals surface area contributed by atoms with Crippen LogP contribution >= 0.6 is 15.9 Å². The first kappa shape index (κ1) is 23.2. The average Bonchev–Trinajstić information content (AvgIpc) is 2.79. The number of aryl methyl sites for hydroxylation is 1. The van der Waals surface area contributed by atoms with Crippen molar-refractivity contribution in [1.82, 2.24) is 5.32 Å². The third-order valence-electron chi connectivity index (χ3n) is 5.85. The van der Waals surface area contributed by atoms with Crippen molar-refractivity contribution in [2.45, 2.75) is 44.4 Å². The zero-order valence-electron chi connectivity index (χ0n) is 18.5. The van der Waals surface area contributed by atoms with Gasteiger partial charge in [-0.1, -0.05) is 70.5 Å². The SMILES string of the molecule is C[C@@]1(N)Cc2cccc(c2)CC[C@H](c2ccccc2)NC(=O)c2cc(Br)cc(c2)COC1=O. The smallest absolute Gasteiger partial charge is 0.326 e. The predicted molar refractivity (Wildman–Crippen MR) is 132 cm³/mol. The molecule has 1 aliphatic heterocycles. The molecule has 170 valence electrons. The number of nitrogens with one attached hydrogen (secondary N) is 1. The summed E-state index contributed by atoms with van der Waals surface area (Å²) in [6.07, 6.45) is 1.88. The fourth-order valence-electron chi connectivity index (χ4n) is 4.13. The van der Waals surface area contributed by atoms with Crippen LogP contribution in [0.1, 0.15) is 52.0 Å². The Hall–Kier alpha value is -2.96. The molecule has 1 aliphatic rings. The summed E-state index contributed by atoms with van der Waals surface area (Å²) in [4.78, 5) is 25.9. The summed E-state index contributed by atoms with van der Waals surface area (Å²) in [6, 6.07) is 23.3. The molecule has 0 unspecified atom stereocenters. The molecule has 6 heteroatoms. The molecule has 0 aromatic heterocycles. The van der Waals surface area contributed by atoms with Crippen molar-refractivity contribution in [3.8, 4) is 0 Å². The lowest BCUT2D eigenvalue weighted by molar-refractivity contribution is -0.150. The molecule has 0 saturated carbocycles. The van der Waals surface area contributed by atoms with E-state index in [1.807, 2.05) is 48.5 Å². The first-order valence-electron chi connectivity index (χ1n) is 11.0. The Morgan fingerprint density at radius 3 is 2.52 bits per heavy atom. The number of amides is 1. The van der Waals surface area contributed by atoms with Crippen LogP contribution in [0.15, 0.2) is 77.3 Å². The lowest BCUT2D eigenvalue weighted by Crippen LogP contribution is -2.48. The highest BCUT2D eigenvalue weighted by molar-refractivity contribution is 9.10. The van der Waals surface area contributed by atoms with Gasteiger partial charge in [0.25, 0.3) is 5.91 Å². The largest absolute Gasteiger partial charge is 0.459 e. The topological polar surface area (TPSA) is 81.4 Å². The van der Waals surface area contributed by atoms with Gasteiger partial charge in [0.1, 0.15) is 12.1 Å². The molecule has 1 heterocycles. The summed E-state index contributed by atoms with van der Waals surface area (Å²) in [5.74, 6) is -0.655. The van der Waals surface area contributed by atoms with E-state index < -0.39 is 11.5 Å². The molecule has 3 aromatic carbocycles. The van der Waals surface area contributed by atoms with Crippen molar-refractivity contribution < 1.29 is 14.3 Å². The Kier molecular flexibility index (Phi) is 6.96. The second-order valence-electron chi connectivity index (χ2n) is 8.81. The highest BCUT2D eigenvalue weighted by Crippen LogP contribution is 2.24. The van der Waals surface area contributed by atoms with E-state index in [1.165, 1.54) is 0 Å². The molecule has 33 heavy (non-hydrogen) atoms. The van der Waals surface area contributed by atoms with Gasteiger partial charge in [-0.25, -0.2) is 0 Å². The van der Waals surface area contributed by atoms with Crippen LogP contribution in [0.5, 0.6) is 0 Å². The second-order valence-corrected chi connectivity index (χ2v) is 9.73. The highest BCUT2D eigenvalue weighted by atomic mass is 79.9. The molecule has 4 rings (SSSR count). The normalized spacial score (nSPS) is 21.7. The van der Waals surface area contributed by atoms with Crippen molar-refractivity contribution in [1.29, 1.82) is 0 Å². The number of nitrogens with two attached hydrogens (primary N) is 1. The molecule has 5 nitrogen and oxygen atoms in total. The van der Waals surface area contributed by atoms with Gasteiger partial charge in [-0.15, -0.1) is 0 Å². The van der Waals surface area contributed by atoms with Crippen LogP contribution in [0.25, 0.3) is 0 Å². The monoisotopic (exact) mass is 506 g/mol. The van der Waals surface area contributed by atoms with Gasteiger partial charge in [-0.2, -0.15) is 0 Å². The van der Waals surface area contributed by atoms with Crippen molar-refractivity contribution >= 4 is 27.8 Å². The minimum atomic E-state index is -1.16. The van der Waals surface area contributed by atoms with Crippen LogP contribution in [0, 0.1) is 0 Å². The van der Waals surface area contributed by atoms with Crippen LogP contribution in [-0.4, -0.2) is 17.4 Å². The summed E-state index contributed by atoms with van der Waals surface area (Å²) in [6.45, 7) is 1.73. The zero-order chi connectivity index (χ0) is 23.4. The number of carbonyl (C=O) groups excluding carboxylic acids is 2. The number of hydrogen-bond donors (Lipinski definition) is 2. The van der Waals surface area contributed by atoms with Crippen LogP contribution in [0.2, 0.25) is 0 Å². The van der Waals surface area contributed by atoms with Gasteiger partial charge in [0.15, 0.2) is 0 Å². The van der Waals surface area contributed by atoms with Crippen LogP contribution in [0.3, 0.4) is 0 Å². The number of rotatable bonds is 1. The summed E-state index contributed by atoms with van der Waals surface area (Å²) < 4.78 is 6.27. The maximum atomic E-state index is 13.2. The van der Waals surface area contributed by atoms with Crippen molar-refractivity contribution in [2.75, 3.05) is 0 Å². The second kappa shape index (κ2) is 9.89. The Labute approximate surface area is 202 Å². The Morgan fingerprint density at radius 1 is 0.970 bits per heavy atom. The maximum Gasteiger partial charge on any atom is 0.326 e. The molecule has 2 atom stereocenters. The number of carbonyl (C=O) groups is 2. The Morgan fingerprint density at radius 2 is 1.73 bits per heavy atom. The fourth-order valence-corrected chi connectivity index (χ4v) is 4.67. The standard InChI is InChI=1S/C27H27BrN2O3/c1-27(29)16-19-7-5-6-18(12-19)10-11-24(21-8-3-2-4-9-21)30-25(31)22-13-20(14-23(28)15-22)17-33-26(27)32/h2-9,12-15,24H,10-11,16-17,29H2,1H3,(H,30,31)/t24-,27-/m1/s1. The van der Waals surface area contributed by atoms with Crippen LogP contribution in [0.4, 0.5) is 0 Å². The van der Waals surface area contributed by atoms with E-state index in [-0.39, 0.29) is 18.6 Å². The number of benzene rings is 3. The third-order valence-corrected chi connectivity index (χ3v) is 6.31. The maximum absolute atomic E-state index is 13.2. The van der Waals surface area contributed by atoms with Gasteiger partial charge in [0, 0.05) is 16.5 Å². The molecule has 3 N–H and O–H groups in total. The quantitative estimate of drug-likeness (QED) is 0.461.